The highest BCUT2D eigenvalue weighted by atomic mass is 16.5. The van der Waals surface area contributed by atoms with Gasteiger partial charge in [-0.25, -0.2) is 14.6 Å². The van der Waals surface area contributed by atoms with E-state index >= 15 is 0 Å². The summed E-state index contributed by atoms with van der Waals surface area (Å²) >= 11 is 0. The Morgan fingerprint density at radius 3 is 3.00 bits per heavy atom. The highest BCUT2D eigenvalue weighted by Gasteiger charge is 2.06. The summed E-state index contributed by atoms with van der Waals surface area (Å²) in [5.74, 6) is 2.01. The van der Waals surface area contributed by atoms with Crippen molar-refractivity contribution in [3.8, 4) is 17.3 Å². The van der Waals surface area contributed by atoms with Crippen LogP contribution in [0.3, 0.4) is 0 Å². The van der Waals surface area contributed by atoms with Gasteiger partial charge in [0.05, 0.1) is 25.5 Å². The van der Waals surface area contributed by atoms with E-state index in [1.807, 2.05) is 47.3 Å². The van der Waals surface area contributed by atoms with Crippen LogP contribution in [0.1, 0.15) is 5.69 Å². The van der Waals surface area contributed by atoms with Crippen LogP contribution in [0.4, 0.5) is 5.95 Å². The average molecular weight is 348 g/mol. The van der Waals surface area contributed by atoms with Crippen LogP contribution in [0.5, 0.6) is 5.75 Å². The average Bonchev–Trinajstić information content (AvgIpc) is 3.39. The standard InChI is InChI=1S/C17H16N8O/c1-26-15-4-2-3-14(9-15)25-11-13(22-23-25)10-20-17-19-6-5-16(21-17)24-8-7-18-12-24/h2-9,11-12H,10H2,1H3,(H,19,20,21). The Morgan fingerprint density at radius 2 is 2.15 bits per heavy atom. The van der Waals surface area contributed by atoms with Crippen LogP contribution in [0.2, 0.25) is 0 Å². The van der Waals surface area contributed by atoms with Crippen molar-refractivity contribution in [3.63, 3.8) is 0 Å². The Hall–Kier alpha value is -3.75. The normalized spacial score (nSPS) is 10.7. The van der Waals surface area contributed by atoms with Gasteiger partial charge in [0.2, 0.25) is 5.95 Å². The minimum absolute atomic E-state index is 0.456. The van der Waals surface area contributed by atoms with Crippen LogP contribution < -0.4 is 10.1 Å². The van der Waals surface area contributed by atoms with E-state index in [0.29, 0.717) is 12.5 Å². The van der Waals surface area contributed by atoms with Crippen molar-refractivity contribution in [1.82, 2.24) is 34.5 Å². The van der Waals surface area contributed by atoms with Gasteiger partial charge in [-0.2, -0.15) is 4.98 Å². The summed E-state index contributed by atoms with van der Waals surface area (Å²) in [6, 6.07) is 9.43. The Labute approximate surface area is 149 Å². The lowest BCUT2D eigenvalue weighted by Crippen LogP contribution is -2.06. The van der Waals surface area contributed by atoms with Crippen molar-refractivity contribution in [2.24, 2.45) is 0 Å². The lowest BCUT2D eigenvalue weighted by atomic mass is 10.3. The molecular formula is C17H16N8O. The highest BCUT2D eigenvalue weighted by molar-refractivity contribution is 5.38. The van der Waals surface area contributed by atoms with Gasteiger partial charge in [0, 0.05) is 24.7 Å². The van der Waals surface area contributed by atoms with Gasteiger partial charge < -0.3 is 10.1 Å². The monoisotopic (exact) mass is 348 g/mol. The zero-order valence-electron chi connectivity index (χ0n) is 14.0. The van der Waals surface area contributed by atoms with Crippen LogP contribution in [-0.2, 0) is 6.54 Å². The van der Waals surface area contributed by atoms with E-state index in [9.17, 15) is 0 Å². The number of methoxy groups -OCH3 is 1. The molecule has 0 spiro atoms. The molecule has 3 aromatic heterocycles. The maximum absolute atomic E-state index is 5.23. The molecule has 0 bridgehead atoms. The molecule has 0 atom stereocenters. The van der Waals surface area contributed by atoms with Crippen LogP contribution >= 0.6 is 0 Å². The van der Waals surface area contributed by atoms with E-state index in [0.717, 1.165) is 22.9 Å². The number of imidazole rings is 1. The van der Waals surface area contributed by atoms with Gasteiger partial charge in [-0.1, -0.05) is 11.3 Å². The number of rotatable bonds is 6. The van der Waals surface area contributed by atoms with Crippen LogP contribution in [0, 0.1) is 0 Å². The van der Waals surface area contributed by atoms with E-state index in [2.05, 4.69) is 30.6 Å². The second-order valence-electron chi connectivity index (χ2n) is 5.42. The molecule has 0 aliphatic rings. The predicted octanol–water partition coefficient (Wildman–Crippen LogP) is 1.86. The quantitative estimate of drug-likeness (QED) is 0.568. The molecule has 1 N–H and O–H groups in total. The van der Waals surface area contributed by atoms with Crippen LogP contribution in [-0.4, -0.2) is 41.6 Å². The number of anilines is 1. The zero-order valence-corrected chi connectivity index (χ0v) is 14.0. The molecule has 0 aliphatic carbocycles. The second-order valence-corrected chi connectivity index (χ2v) is 5.42. The van der Waals surface area contributed by atoms with Gasteiger partial charge in [-0.15, -0.1) is 5.10 Å². The highest BCUT2D eigenvalue weighted by Crippen LogP contribution is 2.16. The van der Waals surface area contributed by atoms with Crippen LogP contribution in [0.15, 0.2) is 61.4 Å². The van der Waals surface area contributed by atoms with Gasteiger partial charge >= 0.3 is 0 Å². The number of hydrogen-bond donors (Lipinski definition) is 1. The number of aromatic nitrogens is 7. The van der Waals surface area contributed by atoms with E-state index in [4.69, 9.17) is 4.74 Å². The van der Waals surface area contributed by atoms with Crippen LogP contribution in [0.25, 0.3) is 11.5 Å². The predicted molar refractivity (Wildman–Crippen MR) is 94.4 cm³/mol. The van der Waals surface area contributed by atoms with Crippen molar-refractivity contribution in [2.75, 3.05) is 12.4 Å². The molecule has 0 saturated heterocycles. The van der Waals surface area contributed by atoms with Crippen molar-refractivity contribution in [3.05, 3.63) is 67.1 Å². The lowest BCUT2D eigenvalue weighted by molar-refractivity contribution is 0.414. The molecule has 3 heterocycles. The minimum Gasteiger partial charge on any atom is -0.497 e. The van der Waals surface area contributed by atoms with E-state index < -0.39 is 0 Å². The first-order valence-electron chi connectivity index (χ1n) is 7.93. The van der Waals surface area contributed by atoms with E-state index in [1.165, 1.54) is 0 Å². The molecule has 0 aliphatic heterocycles. The fourth-order valence-electron chi connectivity index (χ4n) is 2.40. The molecule has 4 aromatic rings. The Kier molecular flexibility index (Phi) is 4.25. The zero-order chi connectivity index (χ0) is 17.8. The third-order valence-corrected chi connectivity index (χ3v) is 3.70. The third kappa shape index (κ3) is 3.36. The Bertz CT molecular complexity index is 995. The molecule has 0 saturated carbocycles. The molecule has 9 heteroatoms. The number of benzene rings is 1. The Balaban J connectivity index is 1.46. The molecule has 0 unspecified atom stereocenters. The van der Waals surface area contributed by atoms with E-state index in [1.54, 1.807) is 30.5 Å². The molecule has 1 aromatic carbocycles. The fourth-order valence-corrected chi connectivity index (χ4v) is 2.40. The number of ether oxygens (including phenoxy) is 1. The first-order valence-corrected chi connectivity index (χ1v) is 7.93. The number of nitrogens with zero attached hydrogens (tertiary/aromatic N) is 7. The molecule has 26 heavy (non-hydrogen) atoms. The van der Waals surface area contributed by atoms with Gasteiger partial charge in [0.25, 0.3) is 0 Å². The first-order chi connectivity index (χ1) is 12.8. The number of hydrogen-bond acceptors (Lipinski definition) is 7. The smallest absolute Gasteiger partial charge is 0.224 e. The molecule has 9 nitrogen and oxygen atoms in total. The lowest BCUT2D eigenvalue weighted by Gasteiger charge is -2.05. The van der Waals surface area contributed by atoms with Gasteiger partial charge in [0.1, 0.15) is 23.6 Å². The van der Waals surface area contributed by atoms with Gasteiger partial charge in [-0.05, 0) is 18.2 Å². The SMILES string of the molecule is COc1cccc(-n2cc(CNc3nccc(-n4ccnc4)n3)nn2)c1. The number of nitrogens with one attached hydrogen (secondary N) is 1. The summed E-state index contributed by atoms with van der Waals surface area (Å²) in [6.45, 7) is 0.456. The summed E-state index contributed by atoms with van der Waals surface area (Å²) in [4.78, 5) is 12.7. The summed E-state index contributed by atoms with van der Waals surface area (Å²) in [6.07, 6.45) is 8.75. The topological polar surface area (TPSA) is 95.6 Å². The molecule has 130 valence electrons. The molecule has 0 amide bonds. The fraction of sp³-hybridized carbons (Fsp3) is 0.118. The molecule has 0 radical (unpaired) electrons. The van der Waals surface area contributed by atoms with Crippen molar-refractivity contribution >= 4 is 5.95 Å². The summed E-state index contributed by atoms with van der Waals surface area (Å²) in [5, 5.41) is 11.5. The summed E-state index contributed by atoms with van der Waals surface area (Å²) in [7, 11) is 1.63. The maximum atomic E-state index is 5.23. The summed E-state index contributed by atoms with van der Waals surface area (Å²) in [5.41, 5.74) is 1.64. The second kappa shape index (κ2) is 7.01. The van der Waals surface area contributed by atoms with Crippen molar-refractivity contribution in [1.29, 1.82) is 0 Å². The van der Waals surface area contributed by atoms with Crippen molar-refractivity contribution in [2.45, 2.75) is 6.54 Å². The minimum atomic E-state index is 0.456. The van der Waals surface area contributed by atoms with Gasteiger partial charge in [0.15, 0.2) is 0 Å². The largest absolute Gasteiger partial charge is 0.497 e. The third-order valence-electron chi connectivity index (χ3n) is 3.70. The Morgan fingerprint density at radius 1 is 1.19 bits per heavy atom. The molecule has 0 fully saturated rings. The first kappa shape index (κ1) is 15.8. The van der Waals surface area contributed by atoms with Gasteiger partial charge in [-0.3, -0.25) is 4.57 Å². The summed E-state index contributed by atoms with van der Waals surface area (Å²) < 4.78 is 8.74. The molecule has 4 rings (SSSR count). The molecular weight excluding hydrogens is 332 g/mol. The van der Waals surface area contributed by atoms with E-state index in [-0.39, 0.29) is 0 Å². The maximum Gasteiger partial charge on any atom is 0.224 e. The van der Waals surface area contributed by atoms with Crippen molar-refractivity contribution < 1.29 is 4.74 Å².